The second kappa shape index (κ2) is 6.46. The minimum absolute atomic E-state index is 0.659. The van der Waals surface area contributed by atoms with Crippen LogP contribution < -0.4 is 0 Å². The average molecular weight is 201 g/mol. The van der Waals surface area contributed by atoms with Gasteiger partial charge in [-0.15, -0.1) is 0 Å². The largest absolute Gasteiger partial charge is 0.380 e. The van der Waals surface area contributed by atoms with E-state index in [1.165, 1.54) is 0 Å². The molecule has 0 radical (unpaired) electrons. The van der Waals surface area contributed by atoms with Crippen LogP contribution in [0, 0.1) is 5.92 Å². The molecule has 0 aromatic heterocycles. The van der Waals surface area contributed by atoms with Crippen LogP contribution >= 0.6 is 12.6 Å². The minimum Gasteiger partial charge on any atom is -0.380 e. The maximum Gasteiger partial charge on any atom is 0.0593 e. The lowest BCUT2D eigenvalue weighted by Gasteiger charge is -2.19. The van der Waals surface area contributed by atoms with E-state index >= 15 is 0 Å². The zero-order valence-electron chi connectivity index (χ0n) is 8.28. The van der Waals surface area contributed by atoms with Gasteiger partial charge >= 0.3 is 0 Å². The fourth-order valence-corrected chi connectivity index (χ4v) is 1.68. The third kappa shape index (κ3) is 4.69. The van der Waals surface area contributed by atoms with Gasteiger partial charge in [0.25, 0.3) is 0 Å². The van der Waals surface area contributed by atoms with Gasteiger partial charge in [-0.1, -0.05) is 19.1 Å². The average Bonchev–Trinajstić information content (AvgIpc) is 2.31. The van der Waals surface area contributed by atoms with E-state index < -0.39 is 0 Å². The number of hydrogen-bond donors (Lipinski definition) is 1. The predicted octanol–water partition coefficient (Wildman–Crippen LogP) is 1.44. The Hall–Kier alpha value is 0.01000. The standard InChI is InChI=1S/C10H19NOS/c1-10-8-11(4-2-3-7-13)5-6-12-9-10/h2-3,10,13H,4-9H2,1H3/b3-2+. The molecule has 1 saturated heterocycles. The van der Waals surface area contributed by atoms with Crippen LogP contribution in [0.25, 0.3) is 0 Å². The molecule has 1 fully saturated rings. The molecule has 0 aliphatic carbocycles. The van der Waals surface area contributed by atoms with Crippen molar-refractivity contribution >= 4 is 12.6 Å². The van der Waals surface area contributed by atoms with Crippen molar-refractivity contribution in [2.24, 2.45) is 5.92 Å². The molecule has 2 nitrogen and oxygen atoms in total. The van der Waals surface area contributed by atoms with Gasteiger partial charge in [-0.05, 0) is 5.92 Å². The lowest BCUT2D eigenvalue weighted by Crippen LogP contribution is -2.29. The van der Waals surface area contributed by atoms with Crippen molar-refractivity contribution in [1.82, 2.24) is 4.90 Å². The van der Waals surface area contributed by atoms with Gasteiger partial charge < -0.3 is 4.74 Å². The van der Waals surface area contributed by atoms with Crippen LogP contribution in [0.5, 0.6) is 0 Å². The molecule has 1 rings (SSSR count). The topological polar surface area (TPSA) is 12.5 Å². The van der Waals surface area contributed by atoms with Gasteiger partial charge in [-0.25, -0.2) is 0 Å². The summed E-state index contributed by atoms with van der Waals surface area (Å²) in [5.74, 6) is 1.49. The summed E-state index contributed by atoms with van der Waals surface area (Å²) in [6, 6.07) is 0. The van der Waals surface area contributed by atoms with E-state index in [0.29, 0.717) is 5.92 Å². The van der Waals surface area contributed by atoms with E-state index in [9.17, 15) is 0 Å². The Balaban J connectivity index is 2.26. The number of nitrogens with zero attached hydrogens (tertiary/aromatic N) is 1. The van der Waals surface area contributed by atoms with Crippen LogP contribution in [0.3, 0.4) is 0 Å². The van der Waals surface area contributed by atoms with Gasteiger partial charge in [-0.2, -0.15) is 12.6 Å². The van der Waals surface area contributed by atoms with Gasteiger partial charge in [-0.3, -0.25) is 4.90 Å². The third-order valence-corrected chi connectivity index (χ3v) is 2.37. The monoisotopic (exact) mass is 201 g/mol. The summed E-state index contributed by atoms with van der Waals surface area (Å²) >= 11 is 4.13. The molecule has 3 heteroatoms. The molecule has 0 aromatic rings. The van der Waals surface area contributed by atoms with E-state index in [2.05, 4.69) is 36.6 Å². The molecule has 1 aliphatic rings. The first-order valence-electron chi connectivity index (χ1n) is 4.89. The summed E-state index contributed by atoms with van der Waals surface area (Å²) in [5, 5.41) is 0. The summed E-state index contributed by atoms with van der Waals surface area (Å²) in [5.41, 5.74) is 0. The quantitative estimate of drug-likeness (QED) is 0.548. The number of thiol groups is 1. The van der Waals surface area contributed by atoms with Crippen molar-refractivity contribution in [2.45, 2.75) is 6.92 Å². The molecule has 1 unspecified atom stereocenters. The lowest BCUT2D eigenvalue weighted by molar-refractivity contribution is 0.126. The zero-order valence-corrected chi connectivity index (χ0v) is 9.17. The fraction of sp³-hybridized carbons (Fsp3) is 0.800. The molecule has 0 amide bonds. The molecular formula is C10H19NOS. The molecular weight excluding hydrogens is 182 g/mol. The first-order chi connectivity index (χ1) is 6.33. The molecule has 13 heavy (non-hydrogen) atoms. The number of hydrogen-bond acceptors (Lipinski definition) is 3. The first-order valence-corrected chi connectivity index (χ1v) is 5.52. The van der Waals surface area contributed by atoms with Crippen LogP contribution in [-0.4, -0.2) is 43.5 Å². The van der Waals surface area contributed by atoms with Gasteiger partial charge in [0.1, 0.15) is 0 Å². The van der Waals surface area contributed by atoms with Crippen molar-refractivity contribution in [2.75, 3.05) is 38.6 Å². The van der Waals surface area contributed by atoms with Crippen molar-refractivity contribution in [3.63, 3.8) is 0 Å². The Morgan fingerprint density at radius 1 is 1.54 bits per heavy atom. The van der Waals surface area contributed by atoms with Gasteiger partial charge in [0.2, 0.25) is 0 Å². The Morgan fingerprint density at radius 2 is 2.38 bits per heavy atom. The molecule has 1 heterocycles. The Labute approximate surface area is 86.4 Å². The van der Waals surface area contributed by atoms with Crippen LogP contribution in [0.4, 0.5) is 0 Å². The van der Waals surface area contributed by atoms with Gasteiger partial charge in [0.05, 0.1) is 13.2 Å². The minimum atomic E-state index is 0.659. The molecule has 0 saturated carbocycles. The molecule has 0 aromatic carbocycles. The normalized spacial score (nSPS) is 26.5. The van der Waals surface area contributed by atoms with Crippen LogP contribution in [0.2, 0.25) is 0 Å². The molecule has 1 atom stereocenters. The van der Waals surface area contributed by atoms with E-state index in [4.69, 9.17) is 4.74 Å². The molecule has 1 aliphatic heterocycles. The zero-order chi connectivity index (χ0) is 9.52. The summed E-state index contributed by atoms with van der Waals surface area (Å²) in [7, 11) is 0. The van der Waals surface area contributed by atoms with Crippen LogP contribution in [0.1, 0.15) is 6.92 Å². The van der Waals surface area contributed by atoms with Crippen molar-refractivity contribution < 1.29 is 4.74 Å². The Morgan fingerprint density at radius 3 is 3.15 bits per heavy atom. The summed E-state index contributed by atoms with van der Waals surface area (Å²) in [6.07, 6.45) is 4.28. The van der Waals surface area contributed by atoms with E-state index in [0.717, 1.165) is 38.6 Å². The van der Waals surface area contributed by atoms with Crippen LogP contribution in [-0.2, 0) is 4.74 Å². The molecule has 0 spiro atoms. The van der Waals surface area contributed by atoms with Gasteiger partial charge in [0.15, 0.2) is 0 Å². The summed E-state index contributed by atoms with van der Waals surface area (Å²) in [6.45, 7) is 7.26. The molecule has 76 valence electrons. The maximum absolute atomic E-state index is 5.46. The number of rotatable bonds is 3. The van der Waals surface area contributed by atoms with E-state index in [1.807, 2.05) is 0 Å². The van der Waals surface area contributed by atoms with Crippen molar-refractivity contribution in [1.29, 1.82) is 0 Å². The maximum atomic E-state index is 5.46. The highest BCUT2D eigenvalue weighted by Crippen LogP contribution is 2.05. The third-order valence-electron chi connectivity index (χ3n) is 2.16. The predicted molar refractivity (Wildman–Crippen MR) is 59.4 cm³/mol. The smallest absolute Gasteiger partial charge is 0.0593 e. The number of ether oxygens (including phenoxy) is 1. The second-order valence-electron chi connectivity index (χ2n) is 3.59. The van der Waals surface area contributed by atoms with E-state index in [-0.39, 0.29) is 0 Å². The van der Waals surface area contributed by atoms with E-state index in [1.54, 1.807) is 0 Å². The van der Waals surface area contributed by atoms with Crippen LogP contribution in [0.15, 0.2) is 12.2 Å². The Kier molecular flexibility index (Phi) is 5.51. The second-order valence-corrected chi connectivity index (χ2v) is 3.96. The van der Waals surface area contributed by atoms with Crippen molar-refractivity contribution in [3.8, 4) is 0 Å². The first kappa shape index (κ1) is 11.1. The summed E-state index contributed by atoms with van der Waals surface area (Å²) < 4.78 is 5.46. The SMILES string of the molecule is CC1COCCN(C/C=C/CS)C1. The van der Waals surface area contributed by atoms with Crippen molar-refractivity contribution in [3.05, 3.63) is 12.2 Å². The highest BCUT2D eigenvalue weighted by atomic mass is 32.1. The lowest BCUT2D eigenvalue weighted by atomic mass is 10.2. The fourth-order valence-electron chi connectivity index (χ4n) is 1.53. The summed E-state index contributed by atoms with van der Waals surface area (Å²) in [4.78, 5) is 2.43. The highest BCUT2D eigenvalue weighted by Gasteiger charge is 2.12. The highest BCUT2D eigenvalue weighted by molar-refractivity contribution is 7.80. The molecule has 0 bridgehead atoms. The molecule has 0 N–H and O–H groups in total. The van der Waals surface area contributed by atoms with Gasteiger partial charge in [0, 0.05) is 25.4 Å². The Bertz CT molecular complexity index is 161.